The van der Waals surface area contributed by atoms with Crippen LogP contribution in [-0.4, -0.2) is 34.6 Å². The molecule has 4 rings (SSSR count). The van der Waals surface area contributed by atoms with E-state index < -0.39 is 11.8 Å². The number of benzene rings is 2. The first-order chi connectivity index (χ1) is 13.6. The van der Waals surface area contributed by atoms with Crippen molar-refractivity contribution in [2.24, 2.45) is 0 Å². The summed E-state index contributed by atoms with van der Waals surface area (Å²) < 4.78 is 34.8. The maximum Gasteiger partial charge on any atom is 0.364 e. The number of esters is 1. The molecular weight excluding hydrogens is 369 g/mol. The number of hydrogen-bond acceptors (Lipinski definition) is 8. The zero-order chi connectivity index (χ0) is 19.5. The Morgan fingerprint density at radius 1 is 1.14 bits per heavy atom. The van der Waals surface area contributed by atoms with Crippen LogP contribution in [0.4, 0.5) is 4.39 Å². The van der Waals surface area contributed by atoms with Gasteiger partial charge >= 0.3 is 5.97 Å². The average molecular weight is 383 g/mol. The lowest BCUT2D eigenvalue weighted by atomic mass is 10.2. The van der Waals surface area contributed by atoms with Gasteiger partial charge in [0.25, 0.3) is 5.88 Å². The van der Waals surface area contributed by atoms with Crippen molar-refractivity contribution in [1.82, 2.24) is 15.2 Å². The summed E-state index contributed by atoms with van der Waals surface area (Å²) >= 11 is 0. The van der Waals surface area contributed by atoms with Gasteiger partial charge in [-0.1, -0.05) is 12.1 Å². The van der Waals surface area contributed by atoms with Crippen molar-refractivity contribution in [3.63, 3.8) is 0 Å². The highest BCUT2D eigenvalue weighted by Gasteiger charge is 2.22. The van der Waals surface area contributed by atoms with Gasteiger partial charge in [0.1, 0.15) is 11.6 Å². The lowest BCUT2D eigenvalue weighted by Crippen LogP contribution is -2.12. The Hall–Kier alpha value is -3.75. The summed E-state index contributed by atoms with van der Waals surface area (Å²) in [6.45, 7) is 1.93. The SMILES string of the molecule is CCOC(=O)c1nnc(-c2cccc(F)c2)nc1Oc1ccc2c(c1)OCO2. The van der Waals surface area contributed by atoms with Crippen LogP contribution in [0.5, 0.6) is 23.1 Å². The fourth-order valence-corrected chi connectivity index (χ4v) is 2.51. The number of rotatable bonds is 5. The number of carbonyl (C=O) groups excluding carboxylic acids is 1. The van der Waals surface area contributed by atoms with Crippen LogP contribution in [0.3, 0.4) is 0 Å². The molecule has 0 amide bonds. The monoisotopic (exact) mass is 383 g/mol. The van der Waals surface area contributed by atoms with Gasteiger partial charge in [0.05, 0.1) is 6.61 Å². The van der Waals surface area contributed by atoms with Crippen molar-refractivity contribution in [2.45, 2.75) is 6.92 Å². The van der Waals surface area contributed by atoms with E-state index in [0.29, 0.717) is 22.8 Å². The fourth-order valence-electron chi connectivity index (χ4n) is 2.51. The Kier molecular flexibility index (Phi) is 4.71. The number of nitrogens with zero attached hydrogens (tertiary/aromatic N) is 3. The third-order valence-corrected chi connectivity index (χ3v) is 3.76. The first-order valence-electron chi connectivity index (χ1n) is 8.39. The lowest BCUT2D eigenvalue weighted by Gasteiger charge is -2.10. The van der Waals surface area contributed by atoms with Crippen LogP contribution in [0.15, 0.2) is 42.5 Å². The Bertz CT molecular complexity index is 1040. The van der Waals surface area contributed by atoms with Crippen LogP contribution >= 0.6 is 0 Å². The third-order valence-electron chi connectivity index (χ3n) is 3.76. The molecule has 1 aromatic heterocycles. The number of aromatic nitrogens is 3. The van der Waals surface area contributed by atoms with Crippen LogP contribution in [0.1, 0.15) is 17.4 Å². The van der Waals surface area contributed by atoms with Gasteiger partial charge in [0, 0.05) is 11.6 Å². The van der Waals surface area contributed by atoms with E-state index in [1.54, 1.807) is 31.2 Å². The number of hydrogen-bond donors (Lipinski definition) is 0. The molecule has 3 aromatic rings. The second-order valence-corrected chi connectivity index (χ2v) is 5.64. The minimum atomic E-state index is -0.732. The van der Waals surface area contributed by atoms with Gasteiger partial charge in [0.2, 0.25) is 12.5 Å². The van der Waals surface area contributed by atoms with Crippen molar-refractivity contribution in [3.8, 4) is 34.5 Å². The zero-order valence-corrected chi connectivity index (χ0v) is 14.7. The first kappa shape index (κ1) is 17.7. The van der Waals surface area contributed by atoms with Crippen molar-refractivity contribution in [1.29, 1.82) is 0 Å². The summed E-state index contributed by atoms with van der Waals surface area (Å²) in [6.07, 6.45) is 0. The zero-order valence-electron chi connectivity index (χ0n) is 14.7. The van der Waals surface area contributed by atoms with Crippen LogP contribution in [0.2, 0.25) is 0 Å². The second-order valence-electron chi connectivity index (χ2n) is 5.64. The molecule has 2 heterocycles. The summed E-state index contributed by atoms with van der Waals surface area (Å²) in [5.74, 6) is 0.231. The maximum atomic E-state index is 13.5. The lowest BCUT2D eigenvalue weighted by molar-refractivity contribution is 0.0514. The average Bonchev–Trinajstić information content (AvgIpc) is 3.16. The van der Waals surface area contributed by atoms with E-state index in [-0.39, 0.29) is 30.8 Å². The molecule has 0 N–H and O–H groups in total. The molecule has 9 heteroatoms. The molecule has 0 aliphatic carbocycles. The molecule has 0 spiro atoms. The summed E-state index contributed by atoms with van der Waals surface area (Å²) in [6, 6.07) is 10.6. The molecule has 2 aromatic carbocycles. The van der Waals surface area contributed by atoms with Gasteiger partial charge in [-0.25, -0.2) is 9.18 Å². The molecule has 0 saturated heterocycles. The summed E-state index contributed by atoms with van der Waals surface area (Å²) in [7, 11) is 0. The molecule has 142 valence electrons. The highest BCUT2D eigenvalue weighted by Crippen LogP contribution is 2.36. The molecule has 0 atom stereocenters. The van der Waals surface area contributed by atoms with E-state index in [1.807, 2.05) is 0 Å². The predicted molar refractivity (Wildman–Crippen MR) is 93.8 cm³/mol. The molecule has 0 unspecified atom stereocenters. The molecule has 28 heavy (non-hydrogen) atoms. The molecule has 0 fully saturated rings. The number of carbonyl (C=O) groups is 1. The highest BCUT2D eigenvalue weighted by atomic mass is 19.1. The Morgan fingerprint density at radius 3 is 2.82 bits per heavy atom. The molecule has 1 aliphatic heterocycles. The van der Waals surface area contributed by atoms with Crippen LogP contribution in [0, 0.1) is 5.82 Å². The van der Waals surface area contributed by atoms with Crippen LogP contribution in [0.25, 0.3) is 11.4 Å². The summed E-state index contributed by atoms with van der Waals surface area (Å²) in [4.78, 5) is 16.4. The van der Waals surface area contributed by atoms with E-state index in [9.17, 15) is 9.18 Å². The van der Waals surface area contributed by atoms with Gasteiger partial charge in [-0.2, -0.15) is 4.98 Å². The Balaban J connectivity index is 1.73. The standard InChI is InChI=1S/C19H14FN3O5/c1-2-25-19(24)16-18(28-13-6-7-14-15(9-13)27-10-26-14)21-17(23-22-16)11-4-3-5-12(20)8-11/h3-9H,2,10H2,1H3. The molecule has 1 aliphatic rings. The minimum absolute atomic E-state index is 0.100. The highest BCUT2D eigenvalue weighted by molar-refractivity contribution is 5.89. The summed E-state index contributed by atoms with van der Waals surface area (Å²) in [5, 5.41) is 7.78. The normalized spacial score (nSPS) is 11.9. The van der Waals surface area contributed by atoms with E-state index in [0.717, 1.165) is 0 Å². The van der Waals surface area contributed by atoms with E-state index in [1.165, 1.54) is 18.2 Å². The van der Waals surface area contributed by atoms with E-state index >= 15 is 0 Å². The molecule has 0 radical (unpaired) electrons. The Labute approximate surface area is 158 Å². The quantitative estimate of drug-likeness (QED) is 0.619. The van der Waals surface area contributed by atoms with Gasteiger partial charge in [0.15, 0.2) is 17.3 Å². The summed E-state index contributed by atoms with van der Waals surface area (Å²) in [5.41, 5.74) is 0.193. The van der Waals surface area contributed by atoms with Gasteiger partial charge in [-0.15, -0.1) is 10.2 Å². The second kappa shape index (κ2) is 7.47. The minimum Gasteiger partial charge on any atom is -0.461 e. The molecule has 0 saturated carbocycles. The fraction of sp³-hybridized carbons (Fsp3) is 0.158. The smallest absolute Gasteiger partial charge is 0.364 e. The Morgan fingerprint density at radius 2 is 2.00 bits per heavy atom. The van der Waals surface area contributed by atoms with E-state index in [2.05, 4.69) is 15.2 Å². The van der Waals surface area contributed by atoms with Crippen LogP contribution in [-0.2, 0) is 4.74 Å². The maximum absolute atomic E-state index is 13.5. The van der Waals surface area contributed by atoms with Gasteiger partial charge in [-0.05, 0) is 31.2 Å². The topological polar surface area (TPSA) is 92.7 Å². The van der Waals surface area contributed by atoms with Gasteiger partial charge in [-0.3, -0.25) is 0 Å². The van der Waals surface area contributed by atoms with Crippen LogP contribution < -0.4 is 14.2 Å². The van der Waals surface area contributed by atoms with Crippen molar-refractivity contribution in [3.05, 3.63) is 54.0 Å². The predicted octanol–water partition coefficient (Wildman–Crippen LogP) is 3.38. The van der Waals surface area contributed by atoms with E-state index in [4.69, 9.17) is 18.9 Å². The van der Waals surface area contributed by atoms with Crippen molar-refractivity contribution in [2.75, 3.05) is 13.4 Å². The number of ether oxygens (including phenoxy) is 4. The first-order valence-corrected chi connectivity index (χ1v) is 8.39. The van der Waals surface area contributed by atoms with Crippen molar-refractivity contribution < 1.29 is 28.1 Å². The molecular formula is C19H14FN3O5. The van der Waals surface area contributed by atoms with Crippen molar-refractivity contribution >= 4 is 5.97 Å². The third kappa shape index (κ3) is 3.54. The van der Waals surface area contributed by atoms with Gasteiger partial charge < -0.3 is 18.9 Å². The number of halogens is 1. The largest absolute Gasteiger partial charge is 0.461 e. The molecule has 0 bridgehead atoms. The molecule has 8 nitrogen and oxygen atoms in total. The number of fused-ring (bicyclic) bond motifs is 1.